The first kappa shape index (κ1) is 6.64. The van der Waals surface area contributed by atoms with E-state index in [0.29, 0.717) is 0 Å². The number of carbonyl (C=O) groups excluding carboxylic acids is 2. The van der Waals surface area contributed by atoms with E-state index in [2.05, 4.69) is 0 Å². The molecule has 0 bridgehead atoms. The van der Waals surface area contributed by atoms with Crippen LogP contribution in [-0.4, -0.2) is 41.9 Å². The fourth-order valence-electron chi connectivity index (χ4n) is 1.60. The third-order valence-electron chi connectivity index (χ3n) is 2.49. The van der Waals surface area contributed by atoms with E-state index in [1.807, 2.05) is 0 Å². The molecule has 60 valence electrons. The van der Waals surface area contributed by atoms with Crippen LogP contribution >= 0.6 is 0 Å². The van der Waals surface area contributed by atoms with E-state index in [9.17, 15) is 9.59 Å². The second kappa shape index (κ2) is 1.75. The topological polar surface area (TPSA) is 40.6 Å². The number of carbonyl (C=O) groups is 2. The van der Waals surface area contributed by atoms with Crippen molar-refractivity contribution in [1.82, 2.24) is 9.80 Å². The third kappa shape index (κ3) is 0.692. The maximum absolute atomic E-state index is 11.2. The first-order chi connectivity index (χ1) is 5.13. The van der Waals surface area contributed by atoms with E-state index in [-0.39, 0.29) is 23.9 Å². The van der Waals surface area contributed by atoms with Crippen LogP contribution in [0.3, 0.4) is 0 Å². The van der Waals surface area contributed by atoms with E-state index in [4.69, 9.17) is 0 Å². The maximum atomic E-state index is 11.2. The van der Waals surface area contributed by atoms with Crippen LogP contribution in [0.1, 0.15) is 6.42 Å². The second-order valence-corrected chi connectivity index (χ2v) is 3.20. The van der Waals surface area contributed by atoms with Gasteiger partial charge in [-0.2, -0.15) is 0 Å². The molecule has 3 amide bonds. The second-order valence-electron chi connectivity index (χ2n) is 3.20. The first-order valence-corrected chi connectivity index (χ1v) is 3.67. The molecule has 0 aromatic carbocycles. The van der Waals surface area contributed by atoms with Crippen molar-refractivity contribution in [1.29, 1.82) is 0 Å². The van der Waals surface area contributed by atoms with Crippen LogP contribution in [0.15, 0.2) is 0 Å². The van der Waals surface area contributed by atoms with Gasteiger partial charge in [-0.25, -0.2) is 4.79 Å². The Morgan fingerprint density at radius 3 is 2.64 bits per heavy atom. The summed E-state index contributed by atoms with van der Waals surface area (Å²) < 4.78 is 0. The highest BCUT2D eigenvalue weighted by molar-refractivity contribution is 6.00. The number of rotatable bonds is 0. The van der Waals surface area contributed by atoms with Gasteiger partial charge in [0.15, 0.2) is 0 Å². The molecule has 1 aliphatic carbocycles. The van der Waals surface area contributed by atoms with Crippen molar-refractivity contribution in [3.8, 4) is 0 Å². The van der Waals surface area contributed by atoms with Crippen molar-refractivity contribution in [3.63, 3.8) is 0 Å². The van der Waals surface area contributed by atoms with Crippen molar-refractivity contribution >= 4 is 11.9 Å². The monoisotopic (exact) mass is 154 g/mol. The van der Waals surface area contributed by atoms with Crippen molar-refractivity contribution in [2.24, 2.45) is 5.92 Å². The fraction of sp³-hybridized carbons (Fsp3) is 0.714. The van der Waals surface area contributed by atoms with Gasteiger partial charge < -0.3 is 4.90 Å². The summed E-state index contributed by atoms with van der Waals surface area (Å²) in [4.78, 5) is 25.3. The molecular formula is C7H10N2O2. The van der Waals surface area contributed by atoms with Crippen LogP contribution in [0.2, 0.25) is 0 Å². The summed E-state index contributed by atoms with van der Waals surface area (Å²) in [6.07, 6.45) is 0.853. The molecule has 0 aromatic heterocycles. The zero-order chi connectivity index (χ0) is 8.17. The molecule has 0 unspecified atom stereocenters. The largest absolute Gasteiger partial charge is 0.326 e. The molecule has 1 saturated heterocycles. The molecule has 0 radical (unpaired) electrons. The van der Waals surface area contributed by atoms with Gasteiger partial charge in [0, 0.05) is 20.1 Å². The van der Waals surface area contributed by atoms with E-state index in [1.165, 1.54) is 11.9 Å². The highest BCUT2D eigenvalue weighted by atomic mass is 16.2. The van der Waals surface area contributed by atoms with E-state index in [0.717, 1.165) is 6.42 Å². The standard InChI is InChI=1S/C7H10N2O2/c1-8-5-3-4(5)6(10)9(2)7(8)11/h4-5H,3H2,1-2H3/t4-,5+/m0/s1. The fourth-order valence-corrected chi connectivity index (χ4v) is 1.60. The third-order valence-corrected chi connectivity index (χ3v) is 2.49. The maximum Gasteiger partial charge on any atom is 0.326 e. The van der Waals surface area contributed by atoms with Gasteiger partial charge in [-0.15, -0.1) is 0 Å². The van der Waals surface area contributed by atoms with E-state index >= 15 is 0 Å². The lowest BCUT2D eigenvalue weighted by Gasteiger charge is -2.28. The lowest BCUT2D eigenvalue weighted by Crippen LogP contribution is -2.49. The highest BCUT2D eigenvalue weighted by Crippen LogP contribution is 2.40. The average molecular weight is 154 g/mol. The minimum Gasteiger partial charge on any atom is -0.324 e. The number of hydrogen-bond donors (Lipinski definition) is 0. The van der Waals surface area contributed by atoms with Gasteiger partial charge in [-0.1, -0.05) is 0 Å². The molecule has 2 fully saturated rings. The SMILES string of the molecule is CN1C(=O)[C@H]2C[C@H]2N(C)C1=O. The summed E-state index contributed by atoms with van der Waals surface area (Å²) >= 11 is 0. The van der Waals surface area contributed by atoms with Gasteiger partial charge in [0.05, 0.1) is 5.92 Å². The van der Waals surface area contributed by atoms with Gasteiger partial charge in [0.25, 0.3) is 0 Å². The van der Waals surface area contributed by atoms with Crippen molar-refractivity contribution in [3.05, 3.63) is 0 Å². The molecule has 2 aliphatic rings. The summed E-state index contributed by atoms with van der Waals surface area (Å²) in [5.41, 5.74) is 0. The summed E-state index contributed by atoms with van der Waals surface area (Å²) in [6, 6.07) is 0.0277. The Kier molecular flexibility index (Phi) is 1.06. The van der Waals surface area contributed by atoms with Crippen molar-refractivity contribution in [2.75, 3.05) is 14.1 Å². The van der Waals surface area contributed by atoms with Crippen LogP contribution in [0.5, 0.6) is 0 Å². The number of amides is 3. The van der Waals surface area contributed by atoms with Gasteiger partial charge in [-0.3, -0.25) is 9.69 Å². The van der Waals surface area contributed by atoms with Gasteiger partial charge >= 0.3 is 6.03 Å². The van der Waals surface area contributed by atoms with Crippen LogP contribution < -0.4 is 0 Å². The van der Waals surface area contributed by atoms with Crippen LogP contribution in [-0.2, 0) is 4.79 Å². The molecule has 0 aromatic rings. The number of hydrogen-bond acceptors (Lipinski definition) is 2. The minimum absolute atomic E-state index is 0.0156. The Hall–Kier alpha value is -1.06. The molecule has 2 rings (SSSR count). The van der Waals surface area contributed by atoms with Crippen LogP contribution in [0.4, 0.5) is 4.79 Å². The van der Waals surface area contributed by atoms with Gasteiger partial charge in [0.2, 0.25) is 5.91 Å². The summed E-state index contributed by atoms with van der Waals surface area (Å²) in [7, 11) is 3.28. The predicted octanol–water partition coefficient (Wildman–Crippen LogP) is -0.101. The quantitative estimate of drug-likeness (QED) is 0.488. The first-order valence-electron chi connectivity index (χ1n) is 3.67. The molecule has 2 atom stereocenters. The molecule has 1 saturated carbocycles. The minimum atomic E-state index is -0.172. The Balaban J connectivity index is 2.26. The number of urea groups is 1. The van der Waals surface area contributed by atoms with Crippen LogP contribution in [0.25, 0.3) is 0 Å². The predicted molar refractivity (Wildman–Crippen MR) is 37.8 cm³/mol. The van der Waals surface area contributed by atoms with E-state index < -0.39 is 0 Å². The Morgan fingerprint density at radius 2 is 2.00 bits per heavy atom. The smallest absolute Gasteiger partial charge is 0.324 e. The lowest BCUT2D eigenvalue weighted by atomic mass is 10.3. The average Bonchev–Trinajstić information content (AvgIpc) is 2.76. The zero-order valence-electron chi connectivity index (χ0n) is 6.57. The van der Waals surface area contributed by atoms with Gasteiger partial charge in [0.1, 0.15) is 0 Å². The van der Waals surface area contributed by atoms with Crippen molar-refractivity contribution < 1.29 is 9.59 Å². The number of nitrogens with zero attached hydrogens (tertiary/aromatic N) is 2. The number of imide groups is 1. The summed E-state index contributed by atoms with van der Waals surface area (Å²) in [5.74, 6) is 0.0841. The van der Waals surface area contributed by atoms with Gasteiger partial charge in [-0.05, 0) is 6.42 Å². The molecule has 4 heteroatoms. The Labute approximate surface area is 64.8 Å². The molecule has 0 N–H and O–H groups in total. The molecule has 11 heavy (non-hydrogen) atoms. The van der Waals surface area contributed by atoms with E-state index in [1.54, 1.807) is 11.9 Å². The molecule has 4 nitrogen and oxygen atoms in total. The summed E-state index contributed by atoms with van der Waals surface area (Å²) in [5, 5.41) is 0. The zero-order valence-corrected chi connectivity index (χ0v) is 6.57. The summed E-state index contributed by atoms with van der Waals surface area (Å²) in [6.45, 7) is 0. The molecule has 1 heterocycles. The molecule has 0 spiro atoms. The normalized spacial score (nSPS) is 35.8. The Bertz CT molecular complexity index is 239. The van der Waals surface area contributed by atoms with Crippen LogP contribution in [0, 0.1) is 5.92 Å². The highest BCUT2D eigenvalue weighted by Gasteiger charge is 2.54. The molecule has 1 aliphatic heterocycles. The lowest BCUT2D eigenvalue weighted by molar-refractivity contribution is -0.130. The Morgan fingerprint density at radius 1 is 1.36 bits per heavy atom. The number of fused-ring (bicyclic) bond motifs is 1. The van der Waals surface area contributed by atoms with Crippen molar-refractivity contribution in [2.45, 2.75) is 12.5 Å². The molecular weight excluding hydrogens is 144 g/mol.